The Bertz CT molecular complexity index is 465. The van der Waals surface area contributed by atoms with Crippen LogP contribution in [0.2, 0.25) is 0 Å². The Balaban J connectivity index is 2.43. The third kappa shape index (κ3) is 2.06. The molecule has 3 nitrogen and oxygen atoms in total. The summed E-state index contributed by atoms with van der Waals surface area (Å²) in [4.78, 5) is 8.87. The summed E-state index contributed by atoms with van der Waals surface area (Å²) >= 11 is 0. The van der Waals surface area contributed by atoms with Crippen molar-refractivity contribution in [2.75, 3.05) is 5.73 Å². The lowest BCUT2D eigenvalue weighted by molar-refractivity contribution is 0.779. The highest BCUT2D eigenvalue weighted by molar-refractivity contribution is 5.75. The van der Waals surface area contributed by atoms with E-state index in [0.717, 1.165) is 36.0 Å². The normalized spacial score (nSPS) is 10.7. The highest BCUT2D eigenvalue weighted by Gasteiger charge is 2.04. The van der Waals surface area contributed by atoms with Gasteiger partial charge in [0.05, 0.1) is 16.7 Å². The van der Waals surface area contributed by atoms with Gasteiger partial charge in [-0.3, -0.25) is 0 Å². The van der Waals surface area contributed by atoms with Crippen LogP contribution in [-0.2, 0) is 6.42 Å². The molecule has 1 heterocycles. The van der Waals surface area contributed by atoms with Crippen molar-refractivity contribution in [3.05, 3.63) is 30.0 Å². The lowest BCUT2D eigenvalue weighted by Gasteiger charge is -2.04. The molecule has 2 rings (SSSR count). The zero-order valence-corrected chi connectivity index (χ0v) is 8.90. The largest absolute Gasteiger partial charge is 0.382 e. The second-order valence-corrected chi connectivity index (χ2v) is 3.65. The van der Waals surface area contributed by atoms with Gasteiger partial charge < -0.3 is 5.73 Å². The number of anilines is 1. The van der Waals surface area contributed by atoms with Crippen molar-refractivity contribution in [1.29, 1.82) is 0 Å². The third-order valence-corrected chi connectivity index (χ3v) is 2.44. The molecule has 0 fully saturated rings. The third-order valence-electron chi connectivity index (χ3n) is 2.44. The molecule has 15 heavy (non-hydrogen) atoms. The fraction of sp³-hybridized carbons (Fsp3) is 0.333. The summed E-state index contributed by atoms with van der Waals surface area (Å²) < 4.78 is 0. The molecule has 1 aromatic heterocycles. The molecular weight excluding hydrogens is 186 g/mol. The minimum atomic E-state index is 0.571. The first-order valence-corrected chi connectivity index (χ1v) is 5.32. The number of nitrogen functional groups attached to an aromatic ring is 1. The maximum atomic E-state index is 5.85. The van der Waals surface area contributed by atoms with Gasteiger partial charge in [0.1, 0.15) is 5.82 Å². The van der Waals surface area contributed by atoms with E-state index in [1.807, 2.05) is 24.3 Å². The van der Waals surface area contributed by atoms with Crippen LogP contribution in [0.4, 0.5) is 5.82 Å². The maximum Gasteiger partial charge on any atom is 0.145 e. The standard InChI is InChI=1S/C12H15N3/c1-2-3-6-11-12(13)15-10-8-5-4-7-9(10)14-11/h4-5,7-8H,2-3,6H2,1H3,(H2,13,15). The van der Waals surface area contributed by atoms with Crippen LogP contribution in [0, 0.1) is 0 Å². The molecule has 0 aliphatic rings. The molecule has 2 N–H and O–H groups in total. The number of hydrogen-bond acceptors (Lipinski definition) is 3. The monoisotopic (exact) mass is 201 g/mol. The van der Waals surface area contributed by atoms with Gasteiger partial charge in [-0.05, 0) is 25.0 Å². The zero-order chi connectivity index (χ0) is 10.7. The fourth-order valence-corrected chi connectivity index (χ4v) is 1.58. The number of unbranched alkanes of at least 4 members (excludes halogenated alkanes) is 1. The summed E-state index contributed by atoms with van der Waals surface area (Å²) in [6.07, 6.45) is 3.17. The van der Waals surface area contributed by atoms with Gasteiger partial charge in [-0.1, -0.05) is 25.5 Å². The van der Waals surface area contributed by atoms with Crippen LogP contribution < -0.4 is 5.73 Å². The van der Waals surface area contributed by atoms with Gasteiger partial charge >= 0.3 is 0 Å². The van der Waals surface area contributed by atoms with Gasteiger partial charge in [-0.2, -0.15) is 0 Å². The first kappa shape index (κ1) is 9.90. The number of hydrogen-bond donors (Lipinski definition) is 1. The number of aryl methyl sites for hydroxylation is 1. The number of rotatable bonds is 3. The summed E-state index contributed by atoms with van der Waals surface area (Å²) in [5.74, 6) is 0.571. The van der Waals surface area contributed by atoms with E-state index in [-0.39, 0.29) is 0 Å². The maximum absolute atomic E-state index is 5.85. The minimum Gasteiger partial charge on any atom is -0.382 e. The lowest BCUT2D eigenvalue weighted by atomic mass is 10.2. The summed E-state index contributed by atoms with van der Waals surface area (Å²) in [6, 6.07) is 7.82. The molecule has 0 unspecified atom stereocenters. The molecule has 0 saturated carbocycles. The topological polar surface area (TPSA) is 51.8 Å². The summed E-state index contributed by atoms with van der Waals surface area (Å²) in [7, 11) is 0. The van der Waals surface area contributed by atoms with Crippen LogP contribution in [-0.4, -0.2) is 9.97 Å². The number of nitrogens with two attached hydrogens (primary N) is 1. The van der Waals surface area contributed by atoms with Crippen molar-refractivity contribution in [1.82, 2.24) is 9.97 Å². The number of benzene rings is 1. The zero-order valence-electron chi connectivity index (χ0n) is 8.90. The first-order valence-electron chi connectivity index (χ1n) is 5.32. The Hall–Kier alpha value is -1.64. The van der Waals surface area contributed by atoms with Gasteiger partial charge in [-0.15, -0.1) is 0 Å². The minimum absolute atomic E-state index is 0.571. The molecule has 0 amide bonds. The number of aromatic nitrogens is 2. The molecular formula is C12H15N3. The van der Waals surface area contributed by atoms with E-state index in [9.17, 15) is 0 Å². The molecule has 0 bridgehead atoms. The van der Waals surface area contributed by atoms with E-state index >= 15 is 0 Å². The van der Waals surface area contributed by atoms with E-state index in [1.165, 1.54) is 0 Å². The molecule has 0 aliphatic heterocycles. The molecule has 0 spiro atoms. The van der Waals surface area contributed by atoms with Crippen LogP contribution in [0.5, 0.6) is 0 Å². The van der Waals surface area contributed by atoms with E-state index in [4.69, 9.17) is 5.73 Å². The van der Waals surface area contributed by atoms with Crippen molar-refractivity contribution in [2.24, 2.45) is 0 Å². The second kappa shape index (κ2) is 4.26. The predicted octanol–water partition coefficient (Wildman–Crippen LogP) is 2.55. The van der Waals surface area contributed by atoms with E-state index in [1.54, 1.807) is 0 Å². The summed E-state index contributed by atoms with van der Waals surface area (Å²) in [5, 5.41) is 0. The van der Waals surface area contributed by atoms with Gasteiger partial charge in [0.2, 0.25) is 0 Å². The first-order chi connectivity index (χ1) is 7.31. The lowest BCUT2D eigenvalue weighted by Crippen LogP contribution is -2.01. The molecule has 0 aliphatic carbocycles. The highest BCUT2D eigenvalue weighted by Crippen LogP contribution is 2.15. The summed E-state index contributed by atoms with van der Waals surface area (Å²) in [6.45, 7) is 2.16. The molecule has 78 valence electrons. The van der Waals surface area contributed by atoms with Crippen LogP contribution in [0.3, 0.4) is 0 Å². The molecule has 1 aromatic carbocycles. The predicted molar refractivity (Wildman–Crippen MR) is 62.6 cm³/mol. The molecule has 0 radical (unpaired) electrons. The fourth-order valence-electron chi connectivity index (χ4n) is 1.58. The molecule has 0 saturated heterocycles. The second-order valence-electron chi connectivity index (χ2n) is 3.65. The Morgan fingerprint density at radius 2 is 1.80 bits per heavy atom. The Morgan fingerprint density at radius 1 is 1.13 bits per heavy atom. The molecule has 3 heteroatoms. The molecule has 0 atom stereocenters. The van der Waals surface area contributed by atoms with E-state index in [0.29, 0.717) is 5.82 Å². The average molecular weight is 201 g/mol. The SMILES string of the molecule is CCCCc1nc2ccccc2nc1N. The van der Waals surface area contributed by atoms with Gasteiger partial charge in [0, 0.05) is 0 Å². The highest BCUT2D eigenvalue weighted by atomic mass is 14.9. The number of para-hydroxylation sites is 2. The van der Waals surface area contributed by atoms with E-state index < -0.39 is 0 Å². The van der Waals surface area contributed by atoms with Crippen molar-refractivity contribution in [2.45, 2.75) is 26.2 Å². The quantitative estimate of drug-likeness (QED) is 0.830. The van der Waals surface area contributed by atoms with E-state index in [2.05, 4.69) is 16.9 Å². The van der Waals surface area contributed by atoms with Crippen molar-refractivity contribution in [3.63, 3.8) is 0 Å². The Labute approximate surface area is 89.4 Å². The number of fused-ring (bicyclic) bond motifs is 1. The number of nitrogens with zero attached hydrogens (tertiary/aromatic N) is 2. The van der Waals surface area contributed by atoms with Crippen LogP contribution in [0.15, 0.2) is 24.3 Å². The smallest absolute Gasteiger partial charge is 0.145 e. The van der Waals surface area contributed by atoms with Crippen molar-refractivity contribution >= 4 is 16.9 Å². The van der Waals surface area contributed by atoms with Crippen LogP contribution in [0.1, 0.15) is 25.5 Å². The van der Waals surface area contributed by atoms with Crippen LogP contribution in [0.25, 0.3) is 11.0 Å². The van der Waals surface area contributed by atoms with Crippen molar-refractivity contribution < 1.29 is 0 Å². The Morgan fingerprint density at radius 3 is 2.47 bits per heavy atom. The molecule has 2 aromatic rings. The van der Waals surface area contributed by atoms with Gasteiger partial charge in [-0.25, -0.2) is 9.97 Å². The average Bonchev–Trinajstić information content (AvgIpc) is 2.26. The van der Waals surface area contributed by atoms with Crippen LogP contribution >= 0.6 is 0 Å². The van der Waals surface area contributed by atoms with Gasteiger partial charge in [0.15, 0.2) is 0 Å². The van der Waals surface area contributed by atoms with Crippen molar-refractivity contribution in [3.8, 4) is 0 Å². The summed E-state index contributed by atoms with van der Waals surface area (Å²) in [5.41, 5.74) is 8.58. The Kier molecular flexibility index (Phi) is 2.81. The van der Waals surface area contributed by atoms with Gasteiger partial charge in [0.25, 0.3) is 0 Å².